The zero-order valence-corrected chi connectivity index (χ0v) is 8.35. The first kappa shape index (κ1) is 8.30. The largest absolute Gasteiger partial charge is 0.409 e. The first-order chi connectivity index (χ1) is 7.13. The van der Waals surface area contributed by atoms with Gasteiger partial charge in [-0.15, -0.1) is 0 Å². The predicted molar refractivity (Wildman–Crippen MR) is 54.3 cm³/mol. The normalized spacial score (nSPS) is 26.5. The standard InChI is InChI=1S/C11H9N3O/c1-6-3-4-12-9-8(6)14-11(5-7(11)2)10(15)13-9/h3,14H,2,5H2,1H3/p+1/t11-/m1/s1. The Bertz CT molecular complexity index is 495. The van der Waals surface area contributed by atoms with E-state index in [1.54, 1.807) is 6.07 Å². The van der Waals surface area contributed by atoms with Crippen LogP contribution in [-0.4, -0.2) is 11.4 Å². The zero-order valence-electron chi connectivity index (χ0n) is 8.35. The van der Waals surface area contributed by atoms with E-state index in [2.05, 4.69) is 28.4 Å². The van der Waals surface area contributed by atoms with Crippen molar-refractivity contribution < 1.29 is 9.78 Å². The second-order valence-electron chi connectivity index (χ2n) is 4.06. The third-order valence-corrected chi connectivity index (χ3v) is 3.00. The molecule has 0 bridgehead atoms. The van der Waals surface area contributed by atoms with Gasteiger partial charge in [0.2, 0.25) is 0 Å². The molecule has 0 unspecified atom stereocenters. The van der Waals surface area contributed by atoms with E-state index in [0.717, 1.165) is 16.8 Å². The molecule has 1 aromatic heterocycles. The first-order valence-corrected chi connectivity index (χ1v) is 4.79. The highest BCUT2D eigenvalue weighted by molar-refractivity contribution is 6.10. The number of anilines is 2. The van der Waals surface area contributed by atoms with E-state index in [4.69, 9.17) is 0 Å². The fourth-order valence-electron chi connectivity index (χ4n) is 1.89. The minimum atomic E-state index is -0.569. The van der Waals surface area contributed by atoms with Crippen LogP contribution in [0.15, 0.2) is 18.2 Å². The van der Waals surface area contributed by atoms with E-state index >= 15 is 0 Å². The number of nitrogens with one attached hydrogen (secondary N) is 2. The number of carbonyl (C=O) groups is 1. The number of fused-ring (bicyclic) bond motifs is 1. The fourth-order valence-corrected chi connectivity index (χ4v) is 1.89. The Hall–Kier alpha value is -2.02. The van der Waals surface area contributed by atoms with Crippen LogP contribution < -0.4 is 15.6 Å². The van der Waals surface area contributed by atoms with E-state index in [9.17, 15) is 4.79 Å². The lowest BCUT2D eigenvalue weighted by molar-refractivity contribution is -0.275. The summed E-state index contributed by atoms with van der Waals surface area (Å²) in [5.41, 5.74) is 2.27. The predicted octanol–water partition coefficient (Wildman–Crippen LogP) is 0.458. The van der Waals surface area contributed by atoms with Crippen LogP contribution in [0.4, 0.5) is 11.5 Å². The summed E-state index contributed by atoms with van der Waals surface area (Å²) in [5.74, 6) is 0.497. The van der Waals surface area contributed by atoms with Gasteiger partial charge in [-0.2, -0.15) is 10.3 Å². The number of carbonyl (C=O) groups excluding carboxylic acids is 1. The van der Waals surface area contributed by atoms with Gasteiger partial charge in [0.05, 0.1) is 0 Å². The summed E-state index contributed by atoms with van der Waals surface area (Å²) >= 11 is 0. The molecule has 2 aliphatic rings. The summed E-state index contributed by atoms with van der Waals surface area (Å²) in [6.07, 6.45) is 3.45. The van der Waals surface area contributed by atoms with Crippen molar-refractivity contribution in [3.05, 3.63) is 30.0 Å². The van der Waals surface area contributed by atoms with Gasteiger partial charge in [0.1, 0.15) is 5.69 Å². The molecule has 0 aromatic carbocycles. The van der Waals surface area contributed by atoms with Crippen LogP contribution in [0.25, 0.3) is 0 Å². The molecule has 1 aliphatic carbocycles. The SMILES string of the molecule is C=C1C[C@@]12Nc1c(C)cc#[n+]c1NC2=O. The Balaban J connectivity index is 2.12. The zero-order chi connectivity index (χ0) is 10.6. The Labute approximate surface area is 87.4 Å². The molecular weight excluding hydrogens is 190 g/mol. The third kappa shape index (κ3) is 0.922. The van der Waals surface area contributed by atoms with Crippen molar-refractivity contribution in [1.29, 1.82) is 0 Å². The third-order valence-electron chi connectivity index (χ3n) is 3.00. The van der Waals surface area contributed by atoms with Crippen molar-refractivity contribution in [2.24, 2.45) is 0 Å². The number of nitrogens with zero attached hydrogens (tertiary/aromatic N) is 1. The number of hydrogen-bond acceptors (Lipinski definition) is 2. The molecule has 3 rings (SSSR count). The first-order valence-electron chi connectivity index (χ1n) is 4.79. The molecule has 1 amide bonds. The molecule has 4 heteroatoms. The molecule has 1 saturated carbocycles. The summed E-state index contributed by atoms with van der Waals surface area (Å²) in [6, 6.07) is 1.79. The summed E-state index contributed by atoms with van der Waals surface area (Å²) in [6.45, 7) is 5.80. The topological polar surface area (TPSA) is 55.2 Å². The Morgan fingerprint density at radius 3 is 3.07 bits per heavy atom. The minimum Gasteiger partial charge on any atom is -0.358 e. The Morgan fingerprint density at radius 1 is 1.67 bits per heavy atom. The lowest BCUT2D eigenvalue weighted by Crippen LogP contribution is -2.43. The van der Waals surface area contributed by atoms with Crippen LogP contribution in [-0.2, 0) is 4.79 Å². The summed E-state index contributed by atoms with van der Waals surface area (Å²) in [4.78, 5) is 15.8. The van der Waals surface area contributed by atoms with Crippen molar-refractivity contribution in [1.82, 2.24) is 0 Å². The van der Waals surface area contributed by atoms with Gasteiger partial charge in [-0.25, -0.2) is 4.79 Å². The van der Waals surface area contributed by atoms with Crippen molar-refractivity contribution in [2.75, 3.05) is 10.6 Å². The fraction of sp³-hybridized carbons (Fsp3) is 0.273. The Kier molecular flexibility index (Phi) is 1.28. The number of rotatable bonds is 0. The van der Waals surface area contributed by atoms with Crippen LogP contribution in [0.3, 0.4) is 0 Å². The van der Waals surface area contributed by atoms with Crippen molar-refractivity contribution in [2.45, 2.75) is 18.9 Å². The van der Waals surface area contributed by atoms with Crippen molar-refractivity contribution >= 4 is 17.4 Å². The van der Waals surface area contributed by atoms with E-state index in [0.29, 0.717) is 12.2 Å². The Morgan fingerprint density at radius 2 is 2.40 bits per heavy atom. The monoisotopic (exact) mass is 200 g/mol. The van der Waals surface area contributed by atoms with Crippen molar-refractivity contribution in [3.63, 3.8) is 0 Å². The van der Waals surface area contributed by atoms with E-state index in [1.165, 1.54) is 0 Å². The lowest BCUT2D eigenvalue weighted by Gasteiger charge is -2.19. The molecule has 4 nitrogen and oxygen atoms in total. The molecule has 15 heavy (non-hydrogen) atoms. The molecule has 1 aromatic rings. The smallest absolute Gasteiger partial charge is 0.358 e. The second-order valence-corrected chi connectivity index (χ2v) is 4.06. The second kappa shape index (κ2) is 2.31. The van der Waals surface area contributed by atoms with Gasteiger partial charge < -0.3 is 5.32 Å². The number of aryl methyl sites for hydroxylation is 1. The average Bonchev–Trinajstić information content (AvgIpc) is 2.82. The summed E-state index contributed by atoms with van der Waals surface area (Å²) < 4.78 is 0. The maximum atomic E-state index is 11.8. The molecule has 0 radical (unpaired) electrons. The van der Waals surface area contributed by atoms with Crippen LogP contribution in [0.1, 0.15) is 12.0 Å². The minimum absolute atomic E-state index is 0.0634. The van der Waals surface area contributed by atoms with Crippen LogP contribution in [0, 0.1) is 13.1 Å². The lowest BCUT2D eigenvalue weighted by atomic mass is 10.1. The average molecular weight is 200 g/mol. The highest BCUT2D eigenvalue weighted by Gasteiger charge is 2.60. The van der Waals surface area contributed by atoms with E-state index in [-0.39, 0.29) is 5.91 Å². The highest BCUT2D eigenvalue weighted by Crippen LogP contribution is 2.48. The maximum absolute atomic E-state index is 11.8. The molecule has 1 atom stereocenters. The number of amides is 1. The molecule has 2 N–H and O–H groups in total. The van der Waals surface area contributed by atoms with Gasteiger partial charge in [-0.3, -0.25) is 0 Å². The van der Waals surface area contributed by atoms with Gasteiger partial charge in [0, 0.05) is 12.5 Å². The molecule has 74 valence electrons. The van der Waals surface area contributed by atoms with Gasteiger partial charge in [0.25, 0.3) is 0 Å². The van der Waals surface area contributed by atoms with Gasteiger partial charge in [-0.1, -0.05) is 6.58 Å². The van der Waals surface area contributed by atoms with Gasteiger partial charge in [-0.05, 0) is 18.1 Å². The molecule has 1 spiro atoms. The molecule has 2 heterocycles. The number of hydrogen-bond donors (Lipinski definition) is 2. The quantitative estimate of drug-likeness (QED) is 0.598. The summed E-state index contributed by atoms with van der Waals surface area (Å²) in [5, 5.41) is 6.00. The van der Waals surface area contributed by atoms with E-state index < -0.39 is 5.54 Å². The highest BCUT2D eigenvalue weighted by atomic mass is 16.2. The van der Waals surface area contributed by atoms with Crippen LogP contribution in [0.5, 0.6) is 0 Å². The van der Waals surface area contributed by atoms with Crippen molar-refractivity contribution in [3.8, 4) is 0 Å². The maximum Gasteiger partial charge on any atom is 0.409 e. The van der Waals surface area contributed by atoms with Crippen LogP contribution >= 0.6 is 0 Å². The summed E-state index contributed by atoms with van der Waals surface area (Å²) in [7, 11) is 0. The molecular formula is C11H10N3O+. The number of aromatic nitrogens is 1. The molecule has 1 fully saturated rings. The molecule has 0 saturated heterocycles. The van der Waals surface area contributed by atoms with Gasteiger partial charge in [0.15, 0.2) is 11.7 Å². The molecule has 1 aliphatic heterocycles. The van der Waals surface area contributed by atoms with Crippen LogP contribution in [0.2, 0.25) is 0 Å². The van der Waals surface area contributed by atoms with E-state index in [1.807, 2.05) is 6.92 Å². The van der Waals surface area contributed by atoms with Gasteiger partial charge >= 0.3 is 11.7 Å².